The Labute approximate surface area is 89.3 Å². The zero-order valence-electron chi connectivity index (χ0n) is 9.29. The first kappa shape index (κ1) is 11.8. The molecular formula is C10H16N2O3. The number of amides is 1. The van der Waals surface area contributed by atoms with Gasteiger partial charge in [0.1, 0.15) is 11.1 Å². The fourth-order valence-corrected chi connectivity index (χ4v) is 1.24. The monoisotopic (exact) mass is 212 g/mol. The molecule has 1 amide bonds. The summed E-state index contributed by atoms with van der Waals surface area (Å²) in [5.41, 5.74) is -1.07. The zero-order valence-corrected chi connectivity index (χ0v) is 9.29. The van der Waals surface area contributed by atoms with Crippen LogP contribution in [0.4, 0.5) is 4.79 Å². The maximum atomic E-state index is 11.4. The highest BCUT2D eigenvalue weighted by atomic mass is 16.6. The number of alkyl carbamates (subject to hydrolysis) is 1. The van der Waals surface area contributed by atoms with Gasteiger partial charge in [-0.15, -0.1) is 0 Å². The van der Waals surface area contributed by atoms with E-state index in [2.05, 4.69) is 5.32 Å². The van der Waals surface area contributed by atoms with Crippen LogP contribution < -0.4 is 5.32 Å². The molecule has 0 saturated carbocycles. The minimum absolute atomic E-state index is 0.242. The highest BCUT2D eigenvalue weighted by Crippen LogP contribution is 2.21. The Hall–Kier alpha value is -1.28. The van der Waals surface area contributed by atoms with Crippen molar-refractivity contribution in [2.45, 2.75) is 38.3 Å². The quantitative estimate of drug-likeness (QED) is 0.746. The summed E-state index contributed by atoms with van der Waals surface area (Å²) < 4.78 is 10.1. The summed E-state index contributed by atoms with van der Waals surface area (Å²) in [5, 5.41) is 11.3. The molecule has 1 heterocycles. The first-order chi connectivity index (χ1) is 6.87. The number of nitrogens with zero attached hydrogens (tertiary/aromatic N) is 1. The Morgan fingerprint density at radius 1 is 1.60 bits per heavy atom. The lowest BCUT2D eigenvalue weighted by Crippen LogP contribution is -2.62. The molecular weight excluding hydrogens is 196 g/mol. The van der Waals surface area contributed by atoms with E-state index in [1.165, 1.54) is 0 Å². The molecule has 0 spiro atoms. The predicted octanol–water partition coefficient (Wildman–Crippen LogP) is 1.19. The second kappa shape index (κ2) is 4.07. The van der Waals surface area contributed by atoms with Gasteiger partial charge in [0.2, 0.25) is 0 Å². The van der Waals surface area contributed by atoms with E-state index in [9.17, 15) is 4.79 Å². The highest BCUT2D eigenvalue weighted by Gasteiger charge is 2.41. The zero-order chi connectivity index (χ0) is 11.5. The average Bonchev–Trinajstić information content (AvgIpc) is 1.96. The summed E-state index contributed by atoms with van der Waals surface area (Å²) in [6, 6.07) is 2.03. The van der Waals surface area contributed by atoms with Crippen molar-refractivity contribution in [3.8, 4) is 6.07 Å². The Bertz CT molecular complexity index is 284. The maximum absolute atomic E-state index is 11.4. The number of nitrogens with one attached hydrogen (secondary N) is 1. The van der Waals surface area contributed by atoms with Crippen LogP contribution in [-0.4, -0.2) is 30.4 Å². The van der Waals surface area contributed by atoms with Crippen LogP contribution in [0.5, 0.6) is 0 Å². The van der Waals surface area contributed by atoms with Gasteiger partial charge in [0.15, 0.2) is 0 Å². The van der Waals surface area contributed by atoms with Crippen molar-refractivity contribution < 1.29 is 14.3 Å². The van der Waals surface area contributed by atoms with E-state index in [4.69, 9.17) is 14.7 Å². The van der Waals surface area contributed by atoms with E-state index in [-0.39, 0.29) is 6.42 Å². The van der Waals surface area contributed by atoms with Crippen molar-refractivity contribution >= 4 is 6.09 Å². The van der Waals surface area contributed by atoms with Crippen LogP contribution >= 0.6 is 0 Å². The molecule has 0 aromatic rings. The van der Waals surface area contributed by atoms with Crippen LogP contribution in [0.25, 0.3) is 0 Å². The molecule has 0 aromatic carbocycles. The van der Waals surface area contributed by atoms with E-state index in [0.29, 0.717) is 13.2 Å². The van der Waals surface area contributed by atoms with Gasteiger partial charge in [-0.2, -0.15) is 5.26 Å². The third-order valence-corrected chi connectivity index (χ3v) is 1.94. The molecule has 1 aliphatic heterocycles. The topological polar surface area (TPSA) is 71.3 Å². The van der Waals surface area contributed by atoms with E-state index in [1.807, 2.05) is 6.07 Å². The van der Waals surface area contributed by atoms with E-state index in [0.717, 1.165) is 0 Å². The molecule has 1 saturated heterocycles. The highest BCUT2D eigenvalue weighted by molar-refractivity contribution is 5.69. The normalized spacial score (nSPS) is 18.5. The molecule has 0 radical (unpaired) electrons. The lowest BCUT2D eigenvalue weighted by molar-refractivity contribution is -0.0733. The number of carbonyl (C=O) groups is 1. The smallest absolute Gasteiger partial charge is 0.408 e. The van der Waals surface area contributed by atoms with Gasteiger partial charge in [-0.3, -0.25) is 0 Å². The Kier molecular flexibility index (Phi) is 3.20. The van der Waals surface area contributed by atoms with Crippen molar-refractivity contribution in [2.75, 3.05) is 13.2 Å². The van der Waals surface area contributed by atoms with Crippen LogP contribution in [0.15, 0.2) is 0 Å². The fourth-order valence-electron chi connectivity index (χ4n) is 1.24. The molecule has 84 valence electrons. The van der Waals surface area contributed by atoms with Crippen molar-refractivity contribution in [1.82, 2.24) is 5.32 Å². The van der Waals surface area contributed by atoms with Gasteiger partial charge in [-0.05, 0) is 20.8 Å². The van der Waals surface area contributed by atoms with Crippen molar-refractivity contribution in [1.29, 1.82) is 5.26 Å². The second-order valence-electron chi connectivity index (χ2n) is 4.73. The summed E-state index contributed by atoms with van der Waals surface area (Å²) in [6.07, 6.45) is -0.257. The van der Waals surface area contributed by atoms with Gasteiger partial charge in [0.05, 0.1) is 25.7 Å². The second-order valence-corrected chi connectivity index (χ2v) is 4.73. The summed E-state index contributed by atoms with van der Waals surface area (Å²) in [4.78, 5) is 11.4. The number of ether oxygens (including phenoxy) is 2. The summed E-state index contributed by atoms with van der Waals surface area (Å²) >= 11 is 0. The van der Waals surface area contributed by atoms with Crippen LogP contribution in [0.2, 0.25) is 0 Å². The van der Waals surface area contributed by atoms with Gasteiger partial charge < -0.3 is 14.8 Å². The third kappa shape index (κ3) is 3.40. The van der Waals surface area contributed by atoms with E-state index < -0.39 is 17.2 Å². The molecule has 1 rings (SSSR count). The van der Waals surface area contributed by atoms with E-state index >= 15 is 0 Å². The first-order valence-electron chi connectivity index (χ1n) is 4.83. The third-order valence-electron chi connectivity index (χ3n) is 1.94. The molecule has 0 aliphatic carbocycles. The van der Waals surface area contributed by atoms with Crippen molar-refractivity contribution in [2.24, 2.45) is 0 Å². The molecule has 1 N–H and O–H groups in total. The first-order valence-corrected chi connectivity index (χ1v) is 4.83. The van der Waals surface area contributed by atoms with Crippen molar-refractivity contribution in [3.63, 3.8) is 0 Å². The fraction of sp³-hybridized carbons (Fsp3) is 0.800. The van der Waals surface area contributed by atoms with Gasteiger partial charge >= 0.3 is 6.09 Å². The summed E-state index contributed by atoms with van der Waals surface area (Å²) in [6.45, 7) is 6.13. The van der Waals surface area contributed by atoms with E-state index in [1.54, 1.807) is 20.8 Å². The molecule has 15 heavy (non-hydrogen) atoms. The molecule has 0 bridgehead atoms. The Morgan fingerprint density at radius 2 is 2.20 bits per heavy atom. The summed E-state index contributed by atoms with van der Waals surface area (Å²) in [7, 11) is 0. The average molecular weight is 212 g/mol. The molecule has 1 aliphatic rings. The molecule has 0 atom stereocenters. The molecule has 1 fully saturated rings. The van der Waals surface area contributed by atoms with Crippen LogP contribution in [0.1, 0.15) is 27.2 Å². The van der Waals surface area contributed by atoms with Gasteiger partial charge in [-0.1, -0.05) is 0 Å². The molecule has 5 heteroatoms. The van der Waals surface area contributed by atoms with Crippen LogP contribution in [0.3, 0.4) is 0 Å². The van der Waals surface area contributed by atoms with Gasteiger partial charge in [0.25, 0.3) is 0 Å². The molecule has 5 nitrogen and oxygen atoms in total. The lowest BCUT2D eigenvalue weighted by Gasteiger charge is -2.40. The minimum Gasteiger partial charge on any atom is -0.444 e. The number of rotatable bonds is 2. The minimum atomic E-state index is -0.545. The molecule has 0 aromatic heterocycles. The number of hydrogen-bond donors (Lipinski definition) is 1. The Balaban J connectivity index is 2.46. The lowest BCUT2D eigenvalue weighted by atomic mass is 9.94. The van der Waals surface area contributed by atoms with Crippen LogP contribution in [-0.2, 0) is 9.47 Å². The SMILES string of the molecule is CC(C)(C)OC(=O)NC1(CC#N)COC1. The number of carbonyl (C=O) groups excluding carboxylic acids is 1. The largest absolute Gasteiger partial charge is 0.444 e. The van der Waals surface area contributed by atoms with Gasteiger partial charge in [0, 0.05) is 0 Å². The predicted molar refractivity (Wildman–Crippen MR) is 53.1 cm³/mol. The Morgan fingerprint density at radius 3 is 2.53 bits per heavy atom. The number of hydrogen-bond acceptors (Lipinski definition) is 4. The number of nitriles is 1. The summed E-state index contributed by atoms with van der Waals surface area (Å²) in [5.74, 6) is 0. The van der Waals surface area contributed by atoms with Crippen LogP contribution in [0, 0.1) is 11.3 Å². The molecule has 0 unspecified atom stereocenters. The van der Waals surface area contributed by atoms with Gasteiger partial charge in [-0.25, -0.2) is 4.79 Å². The standard InChI is InChI=1S/C10H16N2O3/c1-9(2,3)15-8(13)12-10(4-5-11)6-14-7-10/h4,6-7H2,1-3H3,(H,12,13). The maximum Gasteiger partial charge on any atom is 0.408 e. The van der Waals surface area contributed by atoms with Crippen molar-refractivity contribution in [3.05, 3.63) is 0 Å².